The van der Waals surface area contributed by atoms with Crippen LogP contribution in [0.2, 0.25) is 0 Å². The third kappa shape index (κ3) is 3.13. The van der Waals surface area contributed by atoms with Gasteiger partial charge in [0.05, 0.1) is 16.5 Å². The lowest BCUT2D eigenvalue weighted by Crippen LogP contribution is -2.49. The summed E-state index contributed by atoms with van der Waals surface area (Å²) in [5.41, 5.74) is 6.02. The van der Waals surface area contributed by atoms with Gasteiger partial charge in [-0.25, -0.2) is 0 Å². The molecule has 0 bridgehead atoms. The number of ether oxygens (including phenoxy) is 1. The van der Waals surface area contributed by atoms with Crippen LogP contribution in [0, 0.1) is 5.41 Å². The smallest absolute Gasteiger partial charge is 0.253 e. The van der Waals surface area contributed by atoms with Gasteiger partial charge in [0.15, 0.2) is 0 Å². The topological polar surface area (TPSA) is 94.3 Å². The Bertz CT molecular complexity index is 1030. The SMILES string of the molecule is NC(=O)C1(CNC(=O)c2cc3ccccc3c3cccnc23)CCOCC1. The zero-order valence-electron chi connectivity index (χ0n) is 14.9. The third-order valence-electron chi connectivity index (χ3n) is 5.42. The van der Waals surface area contributed by atoms with Gasteiger partial charge in [0.1, 0.15) is 0 Å². The van der Waals surface area contributed by atoms with Gasteiger partial charge < -0.3 is 15.8 Å². The summed E-state index contributed by atoms with van der Waals surface area (Å²) in [6.07, 6.45) is 2.70. The van der Waals surface area contributed by atoms with E-state index in [9.17, 15) is 9.59 Å². The molecule has 1 aliphatic rings. The lowest BCUT2D eigenvalue weighted by atomic mass is 9.79. The fourth-order valence-electron chi connectivity index (χ4n) is 3.72. The highest BCUT2D eigenvalue weighted by molar-refractivity contribution is 6.15. The quantitative estimate of drug-likeness (QED) is 0.696. The van der Waals surface area contributed by atoms with Crippen LogP contribution in [-0.2, 0) is 9.53 Å². The number of nitrogens with two attached hydrogens (primary N) is 1. The van der Waals surface area contributed by atoms with Gasteiger partial charge in [0, 0.05) is 31.3 Å². The van der Waals surface area contributed by atoms with E-state index in [2.05, 4.69) is 10.3 Å². The predicted octanol–water partition coefficient (Wildman–Crippen LogP) is 2.40. The molecule has 0 aliphatic carbocycles. The van der Waals surface area contributed by atoms with Crippen molar-refractivity contribution < 1.29 is 14.3 Å². The van der Waals surface area contributed by atoms with Gasteiger partial charge in [-0.15, -0.1) is 0 Å². The summed E-state index contributed by atoms with van der Waals surface area (Å²) in [5.74, 6) is -0.649. The van der Waals surface area contributed by atoms with Crippen molar-refractivity contribution in [2.24, 2.45) is 11.1 Å². The summed E-state index contributed by atoms with van der Waals surface area (Å²) < 4.78 is 5.34. The lowest BCUT2D eigenvalue weighted by Gasteiger charge is -2.34. The van der Waals surface area contributed by atoms with Gasteiger partial charge in [-0.05, 0) is 35.7 Å². The van der Waals surface area contributed by atoms with E-state index < -0.39 is 11.3 Å². The molecule has 6 heteroatoms. The van der Waals surface area contributed by atoms with Crippen molar-refractivity contribution in [1.82, 2.24) is 10.3 Å². The lowest BCUT2D eigenvalue weighted by molar-refractivity contribution is -0.132. The number of benzene rings is 2. The van der Waals surface area contributed by atoms with Gasteiger partial charge >= 0.3 is 0 Å². The van der Waals surface area contributed by atoms with Crippen LogP contribution in [-0.4, -0.2) is 36.6 Å². The summed E-state index contributed by atoms with van der Waals surface area (Å²) in [4.78, 5) is 29.4. The summed E-state index contributed by atoms with van der Waals surface area (Å²) in [6.45, 7) is 1.14. The molecule has 0 unspecified atom stereocenters. The number of hydrogen-bond donors (Lipinski definition) is 2. The van der Waals surface area contributed by atoms with E-state index in [1.54, 1.807) is 6.20 Å². The second kappa shape index (κ2) is 6.96. The Kier molecular flexibility index (Phi) is 4.49. The Morgan fingerprint density at radius 2 is 1.85 bits per heavy atom. The van der Waals surface area contributed by atoms with E-state index in [1.807, 2.05) is 42.5 Å². The number of hydrogen-bond acceptors (Lipinski definition) is 4. The average Bonchev–Trinajstić information content (AvgIpc) is 2.72. The molecular weight excluding hydrogens is 342 g/mol. The molecule has 3 N–H and O–H groups in total. The van der Waals surface area contributed by atoms with Crippen molar-refractivity contribution in [2.75, 3.05) is 19.8 Å². The van der Waals surface area contributed by atoms with Gasteiger partial charge in [-0.1, -0.05) is 30.3 Å². The number of pyridine rings is 1. The van der Waals surface area contributed by atoms with Crippen molar-refractivity contribution >= 4 is 33.5 Å². The zero-order chi connectivity index (χ0) is 18.9. The highest BCUT2D eigenvalue weighted by Crippen LogP contribution is 2.30. The molecule has 1 aromatic heterocycles. The van der Waals surface area contributed by atoms with E-state index >= 15 is 0 Å². The van der Waals surface area contributed by atoms with Crippen molar-refractivity contribution in [1.29, 1.82) is 0 Å². The monoisotopic (exact) mass is 363 g/mol. The molecule has 0 saturated carbocycles. The highest BCUT2D eigenvalue weighted by atomic mass is 16.5. The molecule has 27 heavy (non-hydrogen) atoms. The third-order valence-corrected chi connectivity index (χ3v) is 5.42. The molecule has 3 aromatic rings. The largest absolute Gasteiger partial charge is 0.381 e. The highest BCUT2D eigenvalue weighted by Gasteiger charge is 2.38. The Balaban J connectivity index is 1.69. The Labute approximate surface area is 156 Å². The molecule has 0 radical (unpaired) electrons. The van der Waals surface area contributed by atoms with Crippen molar-refractivity contribution in [2.45, 2.75) is 12.8 Å². The van der Waals surface area contributed by atoms with Crippen LogP contribution in [0.4, 0.5) is 0 Å². The van der Waals surface area contributed by atoms with Gasteiger partial charge in [0.2, 0.25) is 5.91 Å². The maximum Gasteiger partial charge on any atom is 0.253 e. The second-order valence-corrected chi connectivity index (χ2v) is 6.98. The molecule has 6 nitrogen and oxygen atoms in total. The number of amides is 2. The zero-order valence-corrected chi connectivity index (χ0v) is 14.9. The number of nitrogens with zero attached hydrogens (tertiary/aromatic N) is 1. The van der Waals surface area contributed by atoms with E-state index in [4.69, 9.17) is 10.5 Å². The molecular formula is C21H21N3O3. The number of nitrogens with one attached hydrogen (secondary N) is 1. The predicted molar refractivity (Wildman–Crippen MR) is 103 cm³/mol. The van der Waals surface area contributed by atoms with Gasteiger partial charge in [-0.2, -0.15) is 0 Å². The number of carbonyl (C=O) groups is 2. The number of fused-ring (bicyclic) bond motifs is 3. The molecule has 4 rings (SSSR count). The summed E-state index contributed by atoms with van der Waals surface area (Å²) in [5, 5.41) is 5.86. The van der Waals surface area contributed by atoms with Crippen molar-refractivity contribution in [3.05, 3.63) is 54.2 Å². The fraction of sp³-hybridized carbons (Fsp3) is 0.286. The van der Waals surface area contributed by atoms with E-state index in [0.29, 0.717) is 37.1 Å². The van der Waals surface area contributed by atoms with Crippen LogP contribution < -0.4 is 11.1 Å². The first-order valence-electron chi connectivity index (χ1n) is 9.03. The van der Waals surface area contributed by atoms with Crippen LogP contribution in [0.1, 0.15) is 23.2 Å². The van der Waals surface area contributed by atoms with E-state index in [0.717, 1.165) is 16.2 Å². The first-order chi connectivity index (χ1) is 13.1. The molecule has 1 fully saturated rings. The minimum Gasteiger partial charge on any atom is -0.381 e. The van der Waals surface area contributed by atoms with Crippen LogP contribution in [0.15, 0.2) is 48.7 Å². The minimum atomic E-state index is -0.756. The van der Waals surface area contributed by atoms with Crippen molar-refractivity contribution in [3.63, 3.8) is 0 Å². The molecule has 1 aliphatic heterocycles. The molecule has 2 amide bonds. The molecule has 138 valence electrons. The molecule has 2 heterocycles. The maximum absolute atomic E-state index is 13.0. The second-order valence-electron chi connectivity index (χ2n) is 6.98. The Hall–Kier alpha value is -2.99. The van der Waals surface area contributed by atoms with Crippen LogP contribution >= 0.6 is 0 Å². The Morgan fingerprint density at radius 1 is 1.11 bits per heavy atom. The van der Waals surface area contributed by atoms with Crippen molar-refractivity contribution in [3.8, 4) is 0 Å². The standard InChI is InChI=1S/C21H21N3O3/c22-20(26)21(7-10-27-11-8-21)13-24-19(25)17-12-14-4-1-2-5-15(14)16-6-3-9-23-18(16)17/h1-6,9,12H,7-8,10-11,13H2,(H2,22,26)(H,24,25). The average molecular weight is 363 g/mol. The number of aromatic nitrogens is 1. The van der Waals surface area contributed by atoms with Crippen LogP contribution in [0.25, 0.3) is 21.7 Å². The first-order valence-corrected chi connectivity index (χ1v) is 9.03. The van der Waals surface area contributed by atoms with Crippen LogP contribution in [0.3, 0.4) is 0 Å². The number of primary amides is 1. The number of carbonyl (C=O) groups excluding carboxylic acids is 2. The van der Waals surface area contributed by atoms with Crippen LogP contribution in [0.5, 0.6) is 0 Å². The van der Waals surface area contributed by atoms with E-state index in [1.165, 1.54) is 0 Å². The molecule has 0 atom stereocenters. The Morgan fingerprint density at radius 3 is 2.63 bits per heavy atom. The summed E-state index contributed by atoms with van der Waals surface area (Å²) in [6, 6.07) is 13.6. The van der Waals surface area contributed by atoms with E-state index in [-0.39, 0.29) is 12.5 Å². The van der Waals surface area contributed by atoms with Gasteiger partial charge in [0.25, 0.3) is 5.91 Å². The minimum absolute atomic E-state index is 0.200. The maximum atomic E-state index is 13.0. The normalized spacial score (nSPS) is 16.3. The summed E-state index contributed by atoms with van der Waals surface area (Å²) >= 11 is 0. The van der Waals surface area contributed by atoms with Gasteiger partial charge in [-0.3, -0.25) is 14.6 Å². The number of rotatable bonds is 4. The first kappa shape index (κ1) is 17.4. The summed E-state index contributed by atoms with van der Waals surface area (Å²) in [7, 11) is 0. The molecule has 0 spiro atoms. The molecule has 2 aromatic carbocycles. The molecule has 1 saturated heterocycles. The fourth-order valence-corrected chi connectivity index (χ4v) is 3.72.